The molecule has 5 nitrogen and oxygen atoms in total. The molecule has 0 saturated heterocycles. The van der Waals surface area contributed by atoms with Gasteiger partial charge >= 0.3 is 0 Å². The van der Waals surface area contributed by atoms with Crippen LogP contribution in [0.4, 0.5) is 10.2 Å². The highest BCUT2D eigenvalue weighted by molar-refractivity contribution is 7.15. The van der Waals surface area contributed by atoms with E-state index in [4.69, 9.17) is 4.74 Å². The van der Waals surface area contributed by atoms with Crippen molar-refractivity contribution in [2.24, 2.45) is 0 Å². The van der Waals surface area contributed by atoms with Crippen LogP contribution in [0.5, 0.6) is 0 Å². The summed E-state index contributed by atoms with van der Waals surface area (Å²) in [5.41, 5.74) is 1.35. The van der Waals surface area contributed by atoms with Gasteiger partial charge in [0.2, 0.25) is 0 Å². The standard InChI is InChI=1S/C16H16FN3O2S/c1-3-12(22-2)15(21)19-14-13(10-4-6-11(17)7-5-10)18-16-20(14)8-9-23-16/h4-9,12H,3H2,1-2H3,(H,19,21). The number of benzene rings is 1. The van der Waals surface area contributed by atoms with E-state index in [0.29, 0.717) is 17.9 Å². The number of nitrogens with zero attached hydrogens (tertiary/aromatic N) is 2. The molecule has 0 radical (unpaired) electrons. The SMILES string of the molecule is CCC(OC)C(=O)Nc1c(-c2ccc(F)cc2)nc2sccn12. The molecule has 1 atom stereocenters. The normalized spacial score (nSPS) is 12.5. The zero-order valence-corrected chi connectivity index (χ0v) is 13.6. The number of methoxy groups -OCH3 is 1. The number of hydrogen-bond donors (Lipinski definition) is 1. The molecule has 1 unspecified atom stereocenters. The summed E-state index contributed by atoms with van der Waals surface area (Å²) in [7, 11) is 1.51. The number of anilines is 1. The fourth-order valence-corrected chi connectivity index (χ4v) is 3.08. The number of aromatic nitrogens is 2. The molecule has 0 saturated carbocycles. The third-order valence-electron chi connectivity index (χ3n) is 3.57. The van der Waals surface area contributed by atoms with Crippen molar-refractivity contribution in [3.05, 3.63) is 41.7 Å². The van der Waals surface area contributed by atoms with Gasteiger partial charge in [-0.05, 0) is 30.7 Å². The monoisotopic (exact) mass is 333 g/mol. The van der Waals surface area contributed by atoms with E-state index in [9.17, 15) is 9.18 Å². The molecule has 1 amide bonds. The van der Waals surface area contributed by atoms with Crippen LogP contribution in [0.2, 0.25) is 0 Å². The van der Waals surface area contributed by atoms with Crippen LogP contribution in [0.15, 0.2) is 35.8 Å². The Morgan fingerprint density at radius 2 is 2.17 bits per heavy atom. The van der Waals surface area contributed by atoms with Gasteiger partial charge in [-0.25, -0.2) is 9.37 Å². The Balaban J connectivity index is 2.03. The third-order valence-corrected chi connectivity index (χ3v) is 4.33. The van der Waals surface area contributed by atoms with Crippen molar-refractivity contribution in [1.82, 2.24) is 9.38 Å². The molecule has 3 rings (SSSR count). The summed E-state index contributed by atoms with van der Waals surface area (Å²) in [5, 5.41) is 4.77. The lowest BCUT2D eigenvalue weighted by Crippen LogP contribution is -2.29. The lowest BCUT2D eigenvalue weighted by molar-refractivity contribution is -0.125. The summed E-state index contributed by atoms with van der Waals surface area (Å²) in [6, 6.07) is 6.03. The molecule has 1 N–H and O–H groups in total. The van der Waals surface area contributed by atoms with Crippen molar-refractivity contribution < 1.29 is 13.9 Å². The van der Waals surface area contributed by atoms with Crippen molar-refractivity contribution in [3.63, 3.8) is 0 Å². The predicted octanol–water partition coefficient (Wildman–Crippen LogP) is 3.57. The second-order valence-corrected chi connectivity index (χ2v) is 5.87. The van der Waals surface area contributed by atoms with Gasteiger partial charge in [-0.3, -0.25) is 9.20 Å². The zero-order chi connectivity index (χ0) is 16.4. The average Bonchev–Trinajstić information content (AvgIpc) is 3.12. The van der Waals surface area contributed by atoms with Crippen molar-refractivity contribution in [3.8, 4) is 11.3 Å². The number of carbonyl (C=O) groups excluding carboxylic acids is 1. The van der Waals surface area contributed by atoms with E-state index < -0.39 is 6.10 Å². The Labute approximate surface area is 136 Å². The number of amides is 1. The van der Waals surface area contributed by atoms with Gasteiger partial charge in [0.15, 0.2) is 4.96 Å². The molecule has 2 heterocycles. The molecule has 1 aromatic carbocycles. The topological polar surface area (TPSA) is 55.6 Å². The largest absolute Gasteiger partial charge is 0.372 e. The first-order valence-corrected chi connectivity index (χ1v) is 8.07. The summed E-state index contributed by atoms with van der Waals surface area (Å²) in [5.74, 6) is 0.0190. The molecular weight excluding hydrogens is 317 g/mol. The van der Waals surface area contributed by atoms with E-state index >= 15 is 0 Å². The van der Waals surface area contributed by atoms with E-state index in [-0.39, 0.29) is 11.7 Å². The number of thiazole rings is 1. The van der Waals surface area contributed by atoms with Crippen LogP contribution in [0.1, 0.15) is 13.3 Å². The third kappa shape index (κ3) is 2.97. The number of rotatable bonds is 5. The van der Waals surface area contributed by atoms with Crippen LogP contribution in [0, 0.1) is 5.82 Å². The molecule has 0 bridgehead atoms. The second-order valence-electron chi connectivity index (χ2n) is 4.99. The van der Waals surface area contributed by atoms with Gasteiger partial charge in [0.1, 0.15) is 23.4 Å². The van der Waals surface area contributed by atoms with Gasteiger partial charge < -0.3 is 10.1 Å². The highest BCUT2D eigenvalue weighted by Crippen LogP contribution is 2.31. The number of fused-ring (bicyclic) bond motifs is 1. The summed E-state index contributed by atoms with van der Waals surface area (Å²) in [4.78, 5) is 17.6. The van der Waals surface area contributed by atoms with Crippen LogP contribution in [0.3, 0.4) is 0 Å². The van der Waals surface area contributed by atoms with E-state index in [1.165, 1.54) is 30.6 Å². The maximum Gasteiger partial charge on any atom is 0.254 e. The van der Waals surface area contributed by atoms with Crippen molar-refractivity contribution in [2.45, 2.75) is 19.4 Å². The van der Waals surface area contributed by atoms with E-state index in [2.05, 4.69) is 10.3 Å². The van der Waals surface area contributed by atoms with Gasteiger partial charge in [0.05, 0.1) is 0 Å². The van der Waals surface area contributed by atoms with Crippen LogP contribution in [-0.2, 0) is 9.53 Å². The van der Waals surface area contributed by atoms with Gasteiger partial charge in [-0.2, -0.15) is 0 Å². The quantitative estimate of drug-likeness (QED) is 0.777. The van der Waals surface area contributed by atoms with Gasteiger partial charge in [-0.1, -0.05) is 6.92 Å². The van der Waals surface area contributed by atoms with Crippen LogP contribution in [-0.4, -0.2) is 28.5 Å². The molecule has 0 aliphatic heterocycles. The summed E-state index contributed by atoms with van der Waals surface area (Å²) in [6.07, 6.45) is 1.88. The fraction of sp³-hybridized carbons (Fsp3) is 0.250. The smallest absolute Gasteiger partial charge is 0.254 e. The Morgan fingerprint density at radius 3 is 2.83 bits per heavy atom. The molecule has 7 heteroatoms. The first-order chi connectivity index (χ1) is 11.1. The first kappa shape index (κ1) is 15.6. The average molecular weight is 333 g/mol. The number of imidazole rings is 1. The maximum atomic E-state index is 13.1. The molecule has 0 aliphatic rings. The van der Waals surface area contributed by atoms with Crippen LogP contribution in [0.25, 0.3) is 16.2 Å². The summed E-state index contributed by atoms with van der Waals surface area (Å²) in [6.45, 7) is 1.88. The Morgan fingerprint density at radius 1 is 1.43 bits per heavy atom. The minimum absolute atomic E-state index is 0.230. The lowest BCUT2D eigenvalue weighted by Gasteiger charge is -2.13. The number of nitrogens with one attached hydrogen (secondary N) is 1. The maximum absolute atomic E-state index is 13.1. The van der Waals surface area contributed by atoms with E-state index in [0.717, 1.165) is 10.5 Å². The number of ether oxygens (including phenoxy) is 1. The van der Waals surface area contributed by atoms with E-state index in [1.807, 2.05) is 22.9 Å². The Hall–Kier alpha value is -2.25. The van der Waals surface area contributed by atoms with Gasteiger partial charge in [0.25, 0.3) is 5.91 Å². The summed E-state index contributed by atoms with van der Waals surface area (Å²) >= 11 is 1.46. The zero-order valence-electron chi connectivity index (χ0n) is 12.7. The number of hydrogen-bond acceptors (Lipinski definition) is 4. The number of carbonyl (C=O) groups is 1. The fourth-order valence-electron chi connectivity index (χ4n) is 2.37. The van der Waals surface area contributed by atoms with Gasteiger partial charge in [-0.15, -0.1) is 11.3 Å². The molecule has 0 aliphatic carbocycles. The minimum Gasteiger partial charge on any atom is -0.372 e. The van der Waals surface area contributed by atoms with Crippen molar-refractivity contribution >= 4 is 28.0 Å². The van der Waals surface area contributed by atoms with Crippen molar-refractivity contribution in [2.75, 3.05) is 12.4 Å². The molecule has 0 spiro atoms. The Bertz CT molecular complexity index is 822. The minimum atomic E-state index is -0.528. The first-order valence-electron chi connectivity index (χ1n) is 7.19. The van der Waals surface area contributed by atoms with Gasteiger partial charge in [0, 0.05) is 24.3 Å². The highest BCUT2D eigenvalue weighted by Gasteiger charge is 2.21. The highest BCUT2D eigenvalue weighted by atomic mass is 32.1. The van der Waals surface area contributed by atoms with E-state index in [1.54, 1.807) is 12.1 Å². The molecule has 23 heavy (non-hydrogen) atoms. The molecule has 2 aromatic heterocycles. The summed E-state index contributed by atoms with van der Waals surface area (Å²) < 4.78 is 20.1. The number of halogens is 1. The molecular formula is C16H16FN3O2S. The molecule has 0 fully saturated rings. The van der Waals surface area contributed by atoms with Crippen LogP contribution >= 0.6 is 11.3 Å². The lowest BCUT2D eigenvalue weighted by atomic mass is 10.1. The van der Waals surface area contributed by atoms with Crippen LogP contribution < -0.4 is 5.32 Å². The van der Waals surface area contributed by atoms with Crippen molar-refractivity contribution in [1.29, 1.82) is 0 Å². The second kappa shape index (κ2) is 6.47. The molecule has 120 valence electrons. The molecule has 3 aromatic rings. The predicted molar refractivity (Wildman–Crippen MR) is 88.2 cm³/mol. The Kier molecular flexibility index (Phi) is 4.40.